The average Bonchev–Trinajstić information content (AvgIpc) is 2.49. The zero-order chi connectivity index (χ0) is 16.1. The van der Waals surface area contributed by atoms with E-state index in [-0.39, 0.29) is 23.5 Å². The lowest BCUT2D eigenvalue weighted by molar-refractivity contribution is -0.384. The number of amides is 1. The normalized spacial score (nSPS) is 10.1. The fourth-order valence-corrected chi connectivity index (χ4v) is 1.63. The highest BCUT2D eigenvalue weighted by atomic mass is 19.2. The molecule has 114 valence electrons. The first kappa shape index (κ1) is 15.4. The Hall–Kier alpha value is -3.03. The molecule has 0 saturated carbocycles. The number of nitro groups is 1. The summed E-state index contributed by atoms with van der Waals surface area (Å²) in [6, 6.07) is 8.46. The van der Waals surface area contributed by atoms with Crippen LogP contribution in [0.25, 0.3) is 0 Å². The van der Waals surface area contributed by atoms with E-state index in [1.807, 2.05) is 0 Å². The van der Waals surface area contributed by atoms with Crippen molar-refractivity contribution in [3.63, 3.8) is 0 Å². The fourth-order valence-electron chi connectivity index (χ4n) is 1.63. The number of nitro benzene ring substituents is 1. The second-order valence-electron chi connectivity index (χ2n) is 4.21. The van der Waals surface area contributed by atoms with Crippen LogP contribution in [0.2, 0.25) is 0 Å². The maximum atomic E-state index is 13.4. The van der Waals surface area contributed by atoms with E-state index in [9.17, 15) is 23.7 Å². The Labute approximate surface area is 123 Å². The Morgan fingerprint density at radius 1 is 1.18 bits per heavy atom. The molecule has 8 heteroatoms. The lowest BCUT2D eigenvalue weighted by atomic mass is 10.2. The SMILES string of the molecule is O=C(NCc1cccc(F)c1F)Oc1ccc([N+](=O)[O-])cc1. The Kier molecular flexibility index (Phi) is 4.62. The van der Waals surface area contributed by atoms with Gasteiger partial charge in [-0.15, -0.1) is 0 Å². The lowest BCUT2D eigenvalue weighted by Gasteiger charge is -2.07. The monoisotopic (exact) mass is 308 g/mol. The summed E-state index contributed by atoms with van der Waals surface area (Å²) in [4.78, 5) is 21.4. The molecule has 0 radical (unpaired) electrons. The molecule has 0 spiro atoms. The van der Waals surface area contributed by atoms with Crippen molar-refractivity contribution in [2.45, 2.75) is 6.54 Å². The van der Waals surface area contributed by atoms with E-state index in [4.69, 9.17) is 4.74 Å². The Balaban J connectivity index is 1.93. The average molecular weight is 308 g/mol. The zero-order valence-electron chi connectivity index (χ0n) is 11.1. The number of rotatable bonds is 4. The molecule has 0 aliphatic heterocycles. The van der Waals surface area contributed by atoms with Crippen LogP contribution >= 0.6 is 0 Å². The number of halogens is 2. The van der Waals surface area contributed by atoms with Gasteiger partial charge in [-0.3, -0.25) is 10.1 Å². The van der Waals surface area contributed by atoms with Crippen molar-refractivity contribution in [3.8, 4) is 5.75 Å². The molecule has 0 aromatic heterocycles. The Morgan fingerprint density at radius 2 is 1.86 bits per heavy atom. The second-order valence-corrected chi connectivity index (χ2v) is 4.21. The Morgan fingerprint density at radius 3 is 2.50 bits per heavy atom. The number of hydrogen-bond donors (Lipinski definition) is 1. The van der Waals surface area contributed by atoms with E-state index >= 15 is 0 Å². The Bertz CT molecular complexity index is 704. The molecule has 2 aromatic carbocycles. The maximum absolute atomic E-state index is 13.4. The summed E-state index contributed by atoms with van der Waals surface area (Å²) in [6.07, 6.45) is -0.891. The first-order chi connectivity index (χ1) is 10.5. The molecular weight excluding hydrogens is 298 g/mol. The van der Waals surface area contributed by atoms with Crippen LogP contribution in [-0.2, 0) is 6.54 Å². The highest BCUT2D eigenvalue weighted by molar-refractivity contribution is 5.70. The summed E-state index contributed by atoms with van der Waals surface area (Å²) in [6.45, 7) is -0.255. The predicted octanol–water partition coefficient (Wildman–Crippen LogP) is 3.16. The topological polar surface area (TPSA) is 81.5 Å². The van der Waals surface area contributed by atoms with Crippen molar-refractivity contribution in [1.29, 1.82) is 0 Å². The fraction of sp³-hybridized carbons (Fsp3) is 0.0714. The van der Waals surface area contributed by atoms with Gasteiger partial charge < -0.3 is 10.1 Å². The summed E-state index contributed by atoms with van der Waals surface area (Å²) in [7, 11) is 0. The van der Waals surface area contributed by atoms with E-state index in [1.165, 1.54) is 36.4 Å². The van der Waals surface area contributed by atoms with Gasteiger partial charge in [0.2, 0.25) is 0 Å². The molecule has 2 aromatic rings. The van der Waals surface area contributed by atoms with Gasteiger partial charge >= 0.3 is 6.09 Å². The maximum Gasteiger partial charge on any atom is 0.412 e. The first-order valence-corrected chi connectivity index (χ1v) is 6.10. The van der Waals surface area contributed by atoms with Crippen molar-refractivity contribution in [2.75, 3.05) is 0 Å². The van der Waals surface area contributed by atoms with Crippen molar-refractivity contribution in [2.24, 2.45) is 0 Å². The van der Waals surface area contributed by atoms with Crippen LogP contribution in [-0.4, -0.2) is 11.0 Å². The van der Waals surface area contributed by atoms with E-state index in [1.54, 1.807) is 0 Å². The van der Waals surface area contributed by atoms with E-state index < -0.39 is 22.7 Å². The zero-order valence-corrected chi connectivity index (χ0v) is 11.1. The molecule has 0 saturated heterocycles. The van der Waals surface area contributed by atoms with Crippen LogP contribution in [0, 0.1) is 21.7 Å². The van der Waals surface area contributed by atoms with Crippen LogP contribution in [0.15, 0.2) is 42.5 Å². The van der Waals surface area contributed by atoms with Crippen LogP contribution in [0.1, 0.15) is 5.56 Å². The molecule has 0 atom stereocenters. The van der Waals surface area contributed by atoms with Crippen LogP contribution in [0.5, 0.6) is 5.75 Å². The summed E-state index contributed by atoms with van der Waals surface area (Å²) in [5.41, 5.74) is -0.171. The quantitative estimate of drug-likeness (QED) is 0.695. The third kappa shape index (κ3) is 3.75. The number of ether oxygens (including phenoxy) is 1. The first-order valence-electron chi connectivity index (χ1n) is 6.10. The number of hydrogen-bond acceptors (Lipinski definition) is 4. The van der Waals surface area contributed by atoms with E-state index in [0.29, 0.717) is 0 Å². The lowest BCUT2D eigenvalue weighted by Crippen LogP contribution is -2.26. The third-order valence-electron chi connectivity index (χ3n) is 2.71. The summed E-state index contributed by atoms with van der Waals surface area (Å²) >= 11 is 0. The van der Waals surface area contributed by atoms with Crippen LogP contribution in [0.3, 0.4) is 0 Å². The van der Waals surface area contributed by atoms with E-state index in [0.717, 1.165) is 6.07 Å². The summed E-state index contributed by atoms with van der Waals surface area (Å²) < 4.78 is 31.2. The van der Waals surface area contributed by atoms with Gasteiger partial charge in [-0.1, -0.05) is 12.1 Å². The van der Waals surface area contributed by atoms with Gasteiger partial charge in [-0.05, 0) is 18.2 Å². The molecule has 0 heterocycles. The summed E-state index contributed by atoms with van der Waals surface area (Å²) in [5.74, 6) is -1.97. The van der Waals surface area contributed by atoms with Crippen molar-refractivity contribution in [1.82, 2.24) is 5.32 Å². The number of carbonyl (C=O) groups excluding carboxylic acids is 1. The van der Waals surface area contributed by atoms with Crippen LogP contribution < -0.4 is 10.1 Å². The van der Waals surface area contributed by atoms with Crippen LogP contribution in [0.4, 0.5) is 19.3 Å². The largest absolute Gasteiger partial charge is 0.412 e. The number of benzene rings is 2. The minimum Gasteiger partial charge on any atom is -0.410 e. The molecule has 0 fully saturated rings. The van der Waals surface area contributed by atoms with Crippen molar-refractivity contribution < 1.29 is 23.2 Å². The summed E-state index contributed by atoms with van der Waals surface area (Å²) in [5, 5.41) is 12.7. The highest BCUT2D eigenvalue weighted by Crippen LogP contribution is 2.17. The number of non-ortho nitro benzene ring substituents is 1. The highest BCUT2D eigenvalue weighted by Gasteiger charge is 2.11. The number of carbonyl (C=O) groups is 1. The molecule has 1 N–H and O–H groups in total. The third-order valence-corrected chi connectivity index (χ3v) is 2.71. The minimum absolute atomic E-state index is 0.0272. The van der Waals surface area contributed by atoms with Gasteiger partial charge in [-0.25, -0.2) is 13.6 Å². The van der Waals surface area contributed by atoms with Gasteiger partial charge in [0, 0.05) is 24.2 Å². The molecule has 22 heavy (non-hydrogen) atoms. The molecular formula is C14H10F2N2O4. The van der Waals surface area contributed by atoms with Gasteiger partial charge in [0.05, 0.1) is 4.92 Å². The molecule has 6 nitrogen and oxygen atoms in total. The molecule has 1 amide bonds. The molecule has 0 aliphatic carbocycles. The van der Waals surface area contributed by atoms with Gasteiger partial charge in [-0.2, -0.15) is 0 Å². The van der Waals surface area contributed by atoms with E-state index in [2.05, 4.69) is 5.32 Å². The van der Waals surface area contributed by atoms with Crippen molar-refractivity contribution in [3.05, 3.63) is 69.8 Å². The number of nitrogens with zero attached hydrogens (tertiary/aromatic N) is 1. The molecule has 0 aliphatic rings. The van der Waals surface area contributed by atoms with Crippen molar-refractivity contribution >= 4 is 11.8 Å². The smallest absolute Gasteiger partial charge is 0.410 e. The standard InChI is InChI=1S/C14H10F2N2O4/c15-12-3-1-2-9(13(12)16)8-17-14(19)22-11-6-4-10(5-7-11)18(20)21/h1-7H,8H2,(H,17,19). The predicted molar refractivity (Wildman–Crippen MR) is 72.3 cm³/mol. The molecule has 0 bridgehead atoms. The van der Waals surface area contributed by atoms with Gasteiger partial charge in [0.15, 0.2) is 11.6 Å². The van der Waals surface area contributed by atoms with Gasteiger partial charge in [0.1, 0.15) is 5.75 Å². The molecule has 0 unspecified atom stereocenters. The second kappa shape index (κ2) is 6.61. The number of nitrogens with one attached hydrogen (secondary N) is 1. The van der Waals surface area contributed by atoms with Gasteiger partial charge in [0.25, 0.3) is 5.69 Å². The minimum atomic E-state index is -1.04. The molecule has 2 rings (SSSR count).